The van der Waals surface area contributed by atoms with Gasteiger partial charge in [-0.1, -0.05) is 19.9 Å². The zero-order valence-corrected chi connectivity index (χ0v) is 19.6. The molecule has 0 aliphatic heterocycles. The first-order valence-corrected chi connectivity index (χ1v) is 9.83. The van der Waals surface area contributed by atoms with Gasteiger partial charge >= 0.3 is 0 Å². The molecule has 0 amide bonds. The van der Waals surface area contributed by atoms with Crippen LogP contribution < -0.4 is 10.6 Å². The summed E-state index contributed by atoms with van der Waals surface area (Å²) in [7, 11) is 1.82. The summed E-state index contributed by atoms with van der Waals surface area (Å²) < 4.78 is 2.08. The molecule has 2 aromatic heterocycles. The predicted octanol–water partition coefficient (Wildman–Crippen LogP) is 3.86. The summed E-state index contributed by atoms with van der Waals surface area (Å²) in [4.78, 5) is 5.77. The van der Waals surface area contributed by atoms with E-state index in [1.165, 1.54) is 10.6 Å². The third-order valence-electron chi connectivity index (χ3n) is 4.18. The summed E-state index contributed by atoms with van der Waals surface area (Å²) in [5.41, 5.74) is 2.30. The van der Waals surface area contributed by atoms with Crippen molar-refractivity contribution in [3.8, 4) is 0 Å². The number of hydrogen-bond acceptors (Lipinski definition) is 3. The summed E-state index contributed by atoms with van der Waals surface area (Å²) in [6, 6.07) is 6.44. The third-order valence-corrected chi connectivity index (χ3v) is 5.08. The number of nitrogens with one attached hydrogen (secondary N) is 2. The van der Waals surface area contributed by atoms with Gasteiger partial charge in [0, 0.05) is 37.3 Å². The van der Waals surface area contributed by atoms with Gasteiger partial charge in [0.1, 0.15) is 0 Å². The topological polar surface area (TPSA) is 54.2 Å². The molecule has 0 bridgehead atoms. The van der Waals surface area contributed by atoms with Crippen LogP contribution in [0, 0.1) is 25.7 Å². The Morgan fingerprint density at radius 1 is 1.23 bits per heavy atom. The van der Waals surface area contributed by atoms with Gasteiger partial charge in [0.2, 0.25) is 0 Å². The van der Waals surface area contributed by atoms with Gasteiger partial charge in [0.15, 0.2) is 5.96 Å². The molecule has 26 heavy (non-hydrogen) atoms. The number of aromatic nitrogens is 2. The highest BCUT2D eigenvalue weighted by Gasteiger charge is 2.09. The van der Waals surface area contributed by atoms with Crippen molar-refractivity contribution >= 4 is 41.3 Å². The standard InChI is InChI=1S/C19H31N5S.HI/c1-14(9-18-7-6-8-25-18)11-21-19(20-5)22-12-15(2)13-24-17(4)10-16(3)23-24;/h6-8,10,14-15H,9,11-13H2,1-5H3,(H2,20,21,22);1H. The molecular weight excluding hydrogens is 457 g/mol. The van der Waals surface area contributed by atoms with Crippen molar-refractivity contribution in [2.24, 2.45) is 16.8 Å². The number of halogens is 1. The summed E-state index contributed by atoms with van der Waals surface area (Å²) in [6.07, 6.45) is 1.11. The van der Waals surface area contributed by atoms with E-state index < -0.39 is 0 Å². The van der Waals surface area contributed by atoms with Crippen LogP contribution in [0.1, 0.15) is 30.1 Å². The first kappa shape index (κ1) is 23.0. The van der Waals surface area contributed by atoms with Crippen molar-refractivity contribution in [1.29, 1.82) is 0 Å². The third kappa shape index (κ3) is 7.65. The molecule has 0 saturated heterocycles. The van der Waals surface area contributed by atoms with Crippen LogP contribution >= 0.6 is 35.3 Å². The first-order valence-electron chi connectivity index (χ1n) is 8.96. The molecule has 2 rings (SSSR count). The Morgan fingerprint density at radius 2 is 1.92 bits per heavy atom. The normalized spacial score (nSPS) is 13.8. The maximum absolute atomic E-state index is 4.54. The summed E-state index contributed by atoms with van der Waals surface area (Å²) in [6.45, 7) is 11.4. The number of rotatable bonds is 8. The van der Waals surface area contributed by atoms with Crippen LogP contribution in [0.25, 0.3) is 0 Å². The molecule has 2 N–H and O–H groups in total. The molecule has 2 atom stereocenters. The van der Waals surface area contributed by atoms with Crippen LogP contribution in [0.3, 0.4) is 0 Å². The molecule has 2 aromatic rings. The van der Waals surface area contributed by atoms with E-state index in [1.54, 1.807) is 0 Å². The fourth-order valence-corrected chi connectivity index (χ4v) is 3.70. The highest BCUT2D eigenvalue weighted by molar-refractivity contribution is 14.0. The fourth-order valence-electron chi connectivity index (χ4n) is 2.83. The highest BCUT2D eigenvalue weighted by atomic mass is 127. The van der Waals surface area contributed by atoms with Gasteiger partial charge in [-0.05, 0) is 49.6 Å². The second kappa shape index (κ2) is 11.6. The molecule has 0 aromatic carbocycles. The molecular formula is C19H32IN5S. The van der Waals surface area contributed by atoms with E-state index in [0.717, 1.165) is 37.7 Å². The highest BCUT2D eigenvalue weighted by Crippen LogP contribution is 2.13. The molecule has 0 radical (unpaired) electrons. The molecule has 2 heterocycles. The van der Waals surface area contributed by atoms with Crippen LogP contribution in [0.5, 0.6) is 0 Å². The number of guanidine groups is 1. The van der Waals surface area contributed by atoms with Gasteiger partial charge in [-0.25, -0.2) is 0 Å². The smallest absolute Gasteiger partial charge is 0.190 e. The van der Waals surface area contributed by atoms with E-state index >= 15 is 0 Å². The van der Waals surface area contributed by atoms with E-state index in [-0.39, 0.29) is 24.0 Å². The number of aryl methyl sites for hydroxylation is 2. The number of aliphatic imine (C=N–C) groups is 1. The zero-order valence-electron chi connectivity index (χ0n) is 16.5. The van der Waals surface area contributed by atoms with Crippen molar-refractivity contribution in [1.82, 2.24) is 20.4 Å². The van der Waals surface area contributed by atoms with E-state index in [2.05, 4.69) is 69.8 Å². The Balaban J connectivity index is 0.00000338. The van der Waals surface area contributed by atoms with Crippen LogP contribution in [0.4, 0.5) is 0 Å². The molecule has 0 aliphatic rings. The molecule has 2 unspecified atom stereocenters. The second-order valence-corrected chi connectivity index (χ2v) is 7.97. The number of nitrogens with zero attached hydrogens (tertiary/aromatic N) is 3. The Labute approximate surface area is 178 Å². The average molecular weight is 489 g/mol. The van der Waals surface area contributed by atoms with Gasteiger partial charge in [-0.2, -0.15) is 5.10 Å². The molecule has 7 heteroatoms. The lowest BCUT2D eigenvalue weighted by Crippen LogP contribution is -2.41. The van der Waals surface area contributed by atoms with Crippen LogP contribution in [0.2, 0.25) is 0 Å². The van der Waals surface area contributed by atoms with E-state index in [0.29, 0.717) is 11.8 Å². The maximum atomic E-state index is 4.54. The van der Waals surface area contributed by atoms with Crippen molar-refractivity contribution in [2.45, 2.75) is 40.7 Å². The molecule has 0 fully saturated rings. The first-order chi connectivity index (χ1) is 12.0. The Kier molecular flexibility index (Phi) is 10.2. The minimum atomic E-state index is 0. The molecule has 0 aliphatic carbocycles. The molecule has 146 valence electrons. The van der Waals surface area contributed by atoms with E-state index in [4.69, 9.17) is 0 Å². The van der Waals surface area contributed by atoms with Gasteiger partial charge in [-0.15, -0.1) is 35.3 Å². The van der Waals surface area contributed by atoms with Crippen LogP contribution in [-0.4, -0.2) is 35.9 Å². The minimum absolute atomic E-state index is 0. The predicted molar refractivity (Wildman–Crippen MR) is 123 cm³/mol. The van der Waals surface area contributed by atoms with Gasteiger partial charge in [0.25, 0.3) is 0 Å². The van der Waals surface area contributed by atoms with Gasteiger partial charge in [-0.3, -0.25) is 9.67 Å². The van der Waals surface area contributed by atoms with E-state index in [1.807, 2.05) is 25.3 Å². The zero-order chi connectivity index (χ0) is 18.2. The SMILES string of the molecule is CN=C(NCC(C)Cc1cccs1)NCC(C)Cn1nc(C)cc1C.I. The lowest BCUT2D eigenvalue weighted by atomic mass is 10.1. The Hall–Kier alpha value is -1.09. The lowest BCUT2D eigenvalue weighted by Gasteiger charge is -2.18. The van der Waals surface area contributed by atoms with Crippen LogP contribution in [0.15, 0.2) is 28.6 Å². The average Bonchev–Trinajstić information content (AvgIpc) is 3.17. The quantitative estimate of drug-likeness (QED) is 0.337. The maximum Gasteiger partial charge on any atom is 0.190 e. The Bertz CT molecular complexity index is 666. The fraction of sp³-hybridized carbons (Fsp3) is 0.579. The second-order valence-electron chi connectivity index (χ2n) is 6.94. The molecule has 0 saturated carbocycles. The summed E-state index contributed by atoms with van der Waals surface area (Å²) in [5.74, 6) is 1.92. The lowest BCUT2D eigenvalue weighted by molar-refractivity contribution is 0.435. The molecule has 5 nitrogen and oxygen atoms in total. The van der Waals surface area contributed by atoms with Crippen molar-refractivity contribution in [2.75, 3.05) is 20.1 Å². The van der Waals surface area contributed by atoms with Gasteiger partial charge < -0.3 is 10.6 Å². The van der Waals surface area contributed by atoms with Crippen LogP contribution in [-0.2, 0) is 13.0 Å². The Morgan fingerprint density at radius 3 is 2.46 bits per heavy atom. The van der Waals surface area contributed by atoms with Crippen molar-refractivity contribution < 1.29 is 0 Å². The monoisotopic (exact) mass is 489 g/mol. The van der Waals surface area contributed by atoms with E-state index in [9.17, 15) is 0 Å². The largest absolute Gasteiger partial charge is 0.356 e. The minimum Gasteiger partial charge on any atom is -0.356 e. The van der Waals surface area contributed by atoms with Crippen molar-refractivity contribution in [3.05, 3.63) is 39.8 Å². The molecule has 0 spiro atoms. The summed E-state index contributed by atoms with van der Waals surface area (Å²) >= 11 is 1.83. The number of thiophene rings is 1. The number of hydrogen-bond donors (Lipinski definition) is 2. The summed E-state index contributed by atoms with van der Waals surface area (Å²) in [5, 5.41) is 13.5. The van der Waals surface area contributed by atoms with Gasteiger partial charge in [0.05, 0.1) is 5.69 Å². The van der Waals surface area contributed by atoms with Crippen molar-refractivity contribution in [3.63, 3.8) is 0 Å².